The van der Waals surface area contributed by atoms with Gasteiger partial charge in [-0.3, -0.25) is 4.90 Å². The van der Waals surface area contributed by atoms with Gasteiger partial charge in [0.05, 0.1) is 9.83 Å². The lowest BCUT2D eigenvalue weighted by atomic mass is 9.89. The van der Waals surface area contributed by atoms with Gasteiger partial charge >= 0.3 is 0 Å². The van der Waals surface area contributed by atoms with E-state index in [1.807, 2.05) is 11.3 Å². The minimum Gasteiger partial charge on any atom is -0.329 e. The van der Waals surface area contributed by atoms with Crippen LogP contribution in [0.3, 0.4) is 0 Å². The fourth-order valence-electron chi connectivity index (χ4n) is 3.08. The molecule has 2 nitrogen and oxygen atoms in total. The second kappa shape index (κ2) is 7.21. The van der Waals surface area contributed by atoms with Crippen molar-refractivity contribution in [2.45, 2.75) is 39.2 Å². The molecule has 2 rings (SSSR count). The molecule has 4 heteroatoms. The van der Waals surface area contributed by atoms with Crippen molar-refractivity contribution in [3.63, 3.8) is 0 Å². The Hall–Kier alpha value is 0.1000. The summed E-state index contributed by atoms with van der Waals surface area (Å²) in [6.45, 7) is 7.83. The summed E-state index contributed by atoms with van der Waals surface area (Å²) in [5.41, 5.74) is 6.04. The fraction of sp³-hybridized carbons (Fsp3) is 0.733. The van der Waals surface area contributed by atoms with Crippen LogP contribution in [-0.4, -0.2) is 24.5 Å². The van der Waals surface area contributed by atoms with E-state index in [0.29, 0.717) is 6.04 Å². The molecule has 0 bridgehead atoms. The van der Waals surface area contributed by atoms with Gasteiger partial charge in [0.1, 0.15) is 0 Å². The third kappa shape index (κ3) is 4.03. The van der Waals surface area contributed by atoms with Gasteiger partial charge in [0.2, 0.25) is 0 Å². The molecule has 1 aromatic heterocycles. The topological polar surface area (TPSA) is 29.3 Å². The van der Waals surface area contributed by atoms with E-state index < -0.39 is 0 Å². The lowest BCUT2D eigenvalue weighted by Gasteiger charge is -2.29. The average molecular weight is 345 g/mol. The highest BCUT2D eigenvalue weighted by molar-refractivity contribution is 9.11. The van der Waals surface area contributed by atoms with Crippen molar-refractivity contribution in [3.8, 4) is 0 Å². The average Bonchev–Trinajstić information content (AvgIpc) is 2.65. The van der Waals surface area contributed by atoms with Gasteiger partial charge in [-0.1, -0.05) is 13.8 Å². The standard InChI is InChI=1S/C15H25BrN2S/c1-11(2)12-4-3-8-18(9-7-12)13(10-17)14-5-6-15(16)19-14/h5-6,11-13H,3-4,7-10,17H2,1-2H3. The molecule has 0 aromatic carbocycles. The largest absolute Gasteiger partial charge is 0.329 e. The van der Waals surface area contributed by atoms with E-state index >= 15 is 0 Å². The second-order valence-electron chi connectivity index (χ2n) is 5.86. The van der Waals surface area contributed by atoms with E-state index in [2.05, 4.69) is 46.8 Å². The lowest BCUT2D eigenvalue weighted by molar-refractivity contribution is 0.206. The Morgan fingerprint density at radius 2 is 2.16 bits per heavy atom. The van der Waals surface area contributed by atoms with E-state index in [0.717, 1.165) is 18.4 Å². The van der Waals surface area contributed by atoms with Crippen molar-refractivity contribution < 1.29 is 0 Å². The molecule has 2 atom stereocenters. The van der Waals surface area contributed by atoms with E-state index in [-0.39, 0.29) is 0 Å². The van der Waals surface area contributed by atoms with Crippen LogP contribution in [0.1, 0.15) is 44.0 Å². The van der Waals surface area contributed by atoms with Crippen LogP contribution >= 0.6 is 27.3 Å². The smallest absolute Gasteiger partial charge is 0.0702 e. The Balaban J connectivity index is 2.03. The molecule has 2 unspecified atom stereocenters. The Morgan fingerprint density at radius 1 is 1.37 bits per heavy atom. The van der Waals surface area contributed by atoms with Crippen LogP contribution in [0.2, 0.25) is 0 Å². The monoisotopic (exact) mass is 344 g/mol. The fourth-order valence-corrected chi connectivity index (χ4v) is 4.65. The van der Waals surface area contributed by atoms with Crippen LogP contribution in [-0.2, 0) is 0 Å². The predicted molar refractivity (Wildman–Crippen MR) is 87.6 cm³/mol. The molecule has 0 spiro atoms. The van der Waals surface area contributed by atoms with E-state index in [1.165, 1.54) is 41.0 Å². The SMILES string of the molecule is CC(C)C1CCCN(C(CN)c2ccc(Br)s2)CC1. The molecule has 0 radical (unpaired) electrons. The Bertz CT molecular complexity index is 391. The maximum Gasteiger partial charge on any atom is 0.0702 e. The van der Waals surface area contributed by atoms with Gasteiger partial charge in [-0.25, -0.2) is 0 Å². The number of thiophene rings is 1. The summed E-state index contributed by atoms with van der Waals surface area (Å²) in [5, 5.41) is 0. The Labute approximate surface area is 129 Å². The lowest BCUT2D eigenvalue weighted by Crippen LogP contribution is -2.34. The number of likely N-dealkylation sites (tertiary alicyclic amines) is 1. The highest BCUT2D eigenvalue weighted by Crippen LogP contribution is 2.33. The van der Waals surface area contributed by atoms with Gasteiger partial charge in [-0.05, 0) is 72.3 Å². The number of rotatable bonds is 4. The van der Waals surface area contributed by atoms with Crippen LogP contribution in [0.4, 0.5) is 0 Å². The van der Waals surface area contributed by atoms with Crippen LogP contribution in [0.25, 0.3) is 0 Å². The van der Waals surface area contributed by atoms with Crippen molar-refractivity contribution in [2.75, 3.05) is 19.6 Å². The van der Waals surface area contributed by atoms with Crippen LogP contribution in [0.15, 0.2) is 15.9 Å². The zero-order valence-corrected chi connectivity index (χ0v) is 14.3. The van der Waals surface area contributed by atoms with Crippen LogP contribution in [0, 0.1) is 11.8 Å². The first-order chi connectivity index (χ1) is 9.11. The van der Waals surface area contributed by atoms with Gasteiger partial charge in [-0.15, -0.1) is 11.3 Å². The molecule has 1 aliphatic heterocycles. The first kappa shape index (κ1) is 15.5. The van der Waals surface area contributed by atoms with Gasteiger partial charge in [0.15, 0.2) is 0 Å². The summed E-state index contributed by atoms with van der Waals surface area (Å²) < 4.78 is 1.20. The van der Waals surface area contributed by atoms with Crippen molar-refractivity contribution in [1.82, 2.24) is 4.90 Å². The number of hydrogen-bond acceptors (Lipinski definition) is 3. The number of halogens is 1. The van der Waals surface area contributed by atoms with Crippen molar-refractivity contribution in [3.05, 3.63) is 20.8 Å². The molecule has 0 aliphatic carbocycles. The second-order valence-corrected chi connectivity index (χ2v) is 8.36. The third-order valence-corrected chi connectivity index (χ3v) is 6.06. The molecule has 108 valence electrons. The van der Waals surface area contributed by atoms with Crippen LogP contribution in [0.5, 0.6) is 0 Å². The van der Waals surface area contributed by atoms with Crippen molar-refractivity contribution in [1.29, 1.82) is 0 Å². The minimum atomic E-state index is 0.405. The molecule has 1 saturated heterocycles. The minimum absolute atomic E-state index is 0.405. The quantitative estimate of drug-likeness (QED) is 0.883. The van der Waals surface area contributed by atoms with E-state index in [9.17, 15) is 0 Å². The molecule has 2 N–H and O–H groups in total. The zero-order valence-electron chi connectivity index (χ0n) is 11.9. The van der Waals surface area contributed by atoms with Gasteiger partial charge < -0.3 is 5.73 Å². The van der Waals surface area contributed by atoms with Gasteiger partial charge in [-0.2, -0.15) is 0 Å². The summed E-state index contributed by atoms with van der Waals surface area (Å²) in [4.78, 5) is 4.00. The summed E-state index contributed by atoms with van der Waals surface area (Å²) in [7, 11) is 0. The molecule has 2 heterocycles. The predicted octanol–water partition coefficient (Wildman–Crippen LogP) is 4.27. The normalized spacial score (nSPS) is 23.5. The summed E-state index contributed by atoms with van der Waals surface area (Å²) in [5.74, 6) is 1.70. The molecule has 1 aliphatic rings. The van der Waals surface area contributed by atoms with Crippen molar-refractivity contribution >= 4 is 27.3 Å². The highest BCUT2D eigenvalue weighted by atomic mass is 79.9. The molecular weight excluding hydrogens is 320 g/mol. The van der Waals surface area contributed by atoms with E-state index in [1.54, 1.807) is 0 Å². The number of hydrogen-bond donors (Lipinski definition) is 1. The zero-order chi connectivity index (χ0) is 13.8. The first-order valence-electron chi connectivity index (χ1n) is 7.31. The molecule has 1 aromatic rings. The number of nitrogens with two attached hydrogens (primary N) is 1. The van der Waals surface area contributed by atoms with Gasteiger partial charge in [0.25, 0.3) is 0 Å². The molecule has 0 saturated carbocycles. The third-order valence-electron chi connectivity index (χ3n) is 4.34. The summed E-state index contributed by atoms with van der Waals surface area (Å²) in [6, 6.07) is 4.76. The maximum absolute atomic E-state index is 6.04. The summed E-state index contributed by atoms with van der Waals surface area (Å²) >= 11 is 5.38. The summed E-state index contributed by atoms with van der Waals surface area (Å²) in [6.07, 6.45) is 4.01. The molecule has 0 amide bonds. The first-order valence-corrected chi connectivity index (χ1v) is 8.92. The van der Waals surface area contributed by atoms with Crippen LogP contribution < -0.4 is 5.73 Å². The molecular formula is C15H25BrN2S. The molecule has 19 heavy (non-hydrogen) atoms. The van der Waals surface area contributed by atoms with Crippen molar-refractivity contribution in [2.24, 2.45) is 17.6 Å². The maximum atomic E-state index is 6.04. The highest BCUT2D eigenvalue weighted by Gasteiger charge is 2.25. The Morgan fingerprint density at radius 3 is 2.74 bits per heavy atom. The van der Waals surface area contributed by atoms with E-state index in [4.69, 9.17) is 5.73 Å². The Kier molecular flexibility index (Phi) is 5.87. The van der Waals surface area contributed by atoms with Gasteiger partial charge in [0, 0.05) is 11.4 Å². The number of nitrogens with zero attached hydrogens (tertiary/aromatic N) is 1. The molecule has 1 fully saturated rings.